The molecule has 0 fully saturated rings. The highest BCUT2D eigenvalue weighted by Gasteiger charge is 2.31. The lowest BCUT2D eigenvalue weighted by Crippen LogP contribution is -2.06. The molecule has 0 unspecified atom stereocenters. The smallest absolute Gasteiger partial charge is 0.417 e. The van der Waals surface area contributed by atoms with E-state index >= 15 is 0 Å². The van der Waals surface area contributed by atoms with Gasteiger partial charge in [0.25, 0.3) is 5.82 Å². The van der Waals surface area contributed by atoms with Gasteiger partial charge in [0, 0.05) is 6.20 Å². The van der Waals surface area contributed by atoms with Gasteiger partial charge in [-0.05, 0) is 12.1 Å². The largest absolute Gasteiger partial charge is 0.475 e. The molecule has 0 saturated heterocycles. The molecular weight excluding hydrogens is 227 g/mol. The summed E-state index contributed by atoms with van der Waals surface area (Å²) < 4.78 is 37.7. The van der Waals surface area contributed by atoms with Crippen molar-refractivity contribution in [2.24, 2.45) is 0 Å². The number of hydrogen-bond donors (Lipinski definition) is 1. The lowest BCUT2D eigenvalue weighted by atomic mass is 10.3. The van der Waals surface area contributed by atoms with Crippen LogP contribution in [0.1, 0.15) is 16.2 Å². The number of pyridine rings is 1. The number of fused-ring (bicyclic) bond motifs is 1. The monoisotopic (exact) mass is 231 g/mol. The molecule has 0 aliphatic rings. The van der Waals surface area contributed by atoms with Crippen molar-refractivity contribution in [2.75, 3.05) is 0 Å². The van der Waals surface area contributed by atoms with Crippen molar-refractivity contribution in [1.29, 1.82) is 0 Å². The first-order valence-corrected chi connectivity index (χ1v) is 4.05. The van der Waals surface area contributed by atoms with Crippen LogP contribution in [0.3, 0.4) is 0 Å². The number of aromatic nitrogens is 3. The predicted molar refractivity (Wildman–Crippen MR) is 44.9 cm³/mol. The second kappa shape index (κ2) is 3.19. The van der Waals surface area contributed by atoms with E-state index in [1.807, 2.05) is 0 Å². The molecule has 0 radical (unpaired) electrons. The fraction of sp³-hybridized carbons (Fsp3) is 0.125. The minimum atomic E-state index is -4.50. The molecule has 0 amide bonds. The molecule has 2 heterocycles. The maximum atomic E-state index is 12.3. The van der Waals surface area contributed by atoms with Crippen molar-refractivity contribution in [3.63, 3.8) is 0 Å². The molecule has 0 aliphatic carbocycles. The fourth-order valence-corrected chi connectivity index (χ4v) is 1.14. The van der Waals surface area contributed by atoms with E-state index in [4.69, 9.17) is 5.11 Å². The van der Waals surface area contributed by atoms with Gasteiger partial charge in [0.05, 0.1) is 5.56 Å². The van der Waals surface area contributed by atoms with Crippen molar-refractivity contribution >= 4 is 11.6 Å². The Bertz CT molecular complexity index is 561. The summed E-state index contributed by atoms with van der Waals surface area (Å²) in [6.45, 7) is 0. The Kier molecular flexibility index (Phi) is 2.07. The molecular formula is C8H4F3N3O2. The van der Waals surface area contributed by atoms with E-state index in [0.717, 1.165) is 16.6 Å². The summed E-state index contributed by atoms with van der Waals surface area (Å²) in [5.74, 6) is -1.93. The van der Waals surface area contributed by atoms with Crippen LogP contribution in [0.4, 0.5) is 13.2 Å². The topological polar surface area (TPSA) is 67.5 Å². The average Bonchev–Trinajstić information content (AvgIpc) is 2.58. The lowest BCUT2D eigenvalue weighted by Gasteiger charge is -2.05. The summed E-state index contributed by atoms with van der Waals surface area (Å²) in [4.78, 5) is 14.0. The minimum Gasteiger partial charge on any atom is -0.475 e. The SMILES string of the molecule is O=C(O)c1nc2ccc(C(F)(F)F)cn2n1. The van der Waals surface area contributed by atoms with Crippen molar-refractivity contribution < 1.29 is 23.1 Å². The van der Waals surface area contributed by atoms with E-state index in [1.54, 1.807) is 0 Å². The summed E-state index contributed by atoms with van der Waals surface area (Å²) in [7, 11) is 0. The van der Waals surface area contributed by atoms with Crippen LogP contribution < -0.4 is 0 Å². The predicted octanol–water partition coefficient (Wildman–Crippen LogP) is 1.45. The number of hydrogen-bond acceptors (Lipinski definition) is 3. The second-order valence-corrected chi connectivity index (χ2v) is 2.96. The van der Waals surface area contributed by atoms with Gasteiger partial charge < -0.3 is 5.11 Å². The van der Waals surface area contributed by atoms with Crippen LogP contribution >= 0.6 is 0 Å². The first-order chi connectivity index (χ1) is 7.38. The van der Waals surface area contributed by atoms with E-state index in [2.05, 4.69) is 10.1 Å². The standard InChI is InChI=1S/C8H4F3N3O2/c9-8(10,11)4-1-2-5-12-6(7(15)16)13-14(5)3-4/h1-3H,(H,15,16). The van der Waals surface area contributed by atoms with Crippen LogP contribution in [-0.4, -0.2) is 25.7 Å². The Hall–Kier alpha value is -2.12. The van der Waals surface area contributed by atoms with Crippen LogP contribution in [0.15, 0.2) is 18.3 Å². The number of carboxylic acids is 1. The Morgan fingerprint density at radius 3 is 2.62 bits per heavy atom. The Balaban J connectivity index is 2.58. The zero-order valence-electron chi connectivity index (χ0n) is 7.56. The molecule has 0 spiro atoms. The second-order valence-electron chi connectivity index (χ2n) is 2.96. The summed E-state index contributed by atoms with van der Waals surface area (Å²) in [6, 6.07) is 1.87. The van der Waals surface area contributed by atoms with Gasteiger partial charge >= 0.3 is 12.1 Å². The van der Waals surface area contributed by atoms with E-state index in [0.29, 0.717) is 6.20 Å². The maximum Gasteiger partial charge on any atom is 0.417 e. The van der Waals surface area contributed by atoms with Crippen molar-refractivity contribution in [3.8, 4) is 0 Å². The number of halogens is 3. The first-order valence-electron chi connectivity index (χ1n) is 4.05. The molecule has 0 atom stereocenters. The molecule has 8 heteroatoms. The van der Waals surface area contributed by atoms with Crippen LogP contribution in [0.25, 0.3) is 5.65 Å². The van der Waals surface area contributed by atoms with E-state index < -0.39 is 23.5 Å². The van der Waals surface area contributed by atoms with Crippen molar-refractivity contribution in [2.45, 2.75) is 6.18 Å². The molecule has 1 N–H and O–H groups in total. The zero-order valence-corrected chi connectivity index (χ0v) is 7.56. The third kappa shape index (κ3) is 1.69. The third-order valence-electron chi connectivity index (χ3n) is 1.85. The molecule has 2 aromatic heterocycles. The number of aromatic carboxylic acids is 1. The fourth-order valence-electron chi connectivity index (χ4n) is 1.14. The summed E-state index contributed by atoms with van der Waals surface area (Å²) >= 11 is 0. The van der Waals surface area contributed by atoms with Crippen molar-refractivity contribution in [3.05, 3.63) is 29.7 Å². The number of rotatable bonds is 1. The molecule has 84 valence electrons. The lowest BCUT2D eigenvalue weighted by molar-refractivity contribution is -0.137. The first kappa shape index (κ1) is 10.4. The molecule has 0 bridgehead atoms. The Morgan fingerprint density at radius 1 is 1.38 bits per heavy atom. The normalized spacial score (nSPS) is 11.9. The van der Waals surface area contributed by atoms with Crippen molar-refractivity contribution in [1.82, 2.24) is 14.6 Å². The maximum absolute atomic E-state index is 12.3. The van der Waals surface area contributed by atoms with Gasteiger partial charge in [-0.1, -0.05) is 0 Å². The molecule has 5 nitrogen and oxygen atoms in total. The van der Waals surface area contributed by atoms with Gasteiger partial charge in [0.1, 0.15) is 0 Å². The van der Waals surface area contributed by atoms with Crippen LogP contribution in [-0.2, 0) is 6.18 Å². The Morgan fingerprint density at radius 2 is 2.06 bits per heavy atom. The summed E-state index contributed by atoms with van der Waals surface area (Å²) in [5.41, 5.74) is -0.868. The van der Waals surface area contributed by atoms with Crippen LogP contribution in [0.2, 0.25) is 0 Å². The minimum absolute atomic E-state index is 0.0467. The molecule has 0 aromatic carbocycles. The summed E-state index contributed by atoms with van der Waals surface area (Å²) in [5, 5.41) is 11.9. The number of nitrogens with zero attached hydrogens (tertiary/aromatic N) is 3. The number of carbonyl (C=O) groups is 1. The highest BCUT2D eigenvalue weighted by atomic mass is 19.4. The van der Waals surface area contributed by atoms with Crippen LogP contribution in [0.5, 0.6) is 0 Å². The van der Waals surface area contributed by atoms with Gasteiger partial charge in [-0.2, -0.15) is 13.2 Å². The highest BCUT2D eigenvalue weighted by molar-refractivity contribution is 5.83. The van der Waals surface area contributed by atoms with Gasteiger partial charge in [0.15, 0.2) is 5.65 Å². The van der Waals surface area contributed by atoms with E-state index in [1.165, 1.54) is 0 Å². The molecule has 0 saturated carbocycles. The summed E-state index contributed by atoms with van der Waals surface area (Å²) in [6.07, 6.45) is -3.81. The van der Waals surface area contributed by atoms with Crippen LogP contribution in [0, 0.1) is 0 Å². The van der Waals surface area contributed by atoms with Gasteiger partial charge in [0.2, 0.25) is 0 Å². The average molecular weight is 231 g/mol. The van der Waals surface area contributed by atoms with Gasteiger partial charge in [-0.3, -0.25) is 0 Å². The molecule has 0 aliphatic heterocycles. The molecule has 16 heavy (non-hydrogen) atoms. The number of alkyl halides is 3. The molecule has 2 aromatic rings. The molecule has 2 rings (SSSR count). The van der Waals surface area contributed by atoms with Gasteiger partial charge in [-0.15, -0.1) is 5.10 Å². The quantitative estimate of drug-likeness (QED) is 0.806. The van der Waals surface area contributed by atoms with Gasteiger partial charge in [-0.25, -0.2) is 14.3 Å². The highest BCUT2D eigenvalue weighted by Crippen LogP contribution is 2.28. The van der Waals surface area contributed by atoms with E-state index in [9.17, 15) is 18.0 Å². The van der Waals surface area contributed by atoms with E-state index in [-0.39, 0.29) is 5.65 Å². The zero-order chi connectivity index (χ0) is 11.9. The number of carboxylic acid groups (broad SMARTS) is 1. The third-order valence-corrected chi connectivity index (χ3v) is 1.85. The Labute approximate surface area is 86.1 Å².